The monoisotopic (exact) mass is 242 g/mol. The molecule has 2 aromatic rings. The van der Waals surface area contributed by atoms with Gasteiger partial charge in [-0.3, -0.25) is 0 Å². The van der Waals surface area contributed by atoms with Gasteiger partial charge in [0.1, 0.15) is 11.5 Å². The van der Waals surface area contributed by atoms with Crippen LogP contribution >= 0.6 is 0 Å². The second-order valence-electron chi connectivity index (χ2n) is 4.39. The van der Waals surface area contributed by atoms with Crippen LogP contribution in [-0.4, -0.2) is 13.2 Å². The van der Waals surface area contributed by atoms with Gasteiger partial charge in [0.05, 0.1) is 13.2 Å². The van der Waals surface area contributed by atoms with Gasteiger partial charge in [0, 0.05) is 5.56 Å². The molecular weight excluding hydrogens is 224 g/mol. The number of para-hydroxylation sites is 1. The van der Waals surface area contributed by atoms with E-state index in [9.17, 15) is 0 Å². The van der Waals surface area contributed by atoms with Gasteiger partial charge in [0.15, 0.2) is 0 Å². The predicted octanol–water partition coefficient (Wildman–Crippen LogP) is 4.15. The van der Waals surface area contributed by atoms with Crippen LogP contribution in [0.25, 0.3) is 11.1 Å². The van der Waals surface area contributed by atoms with Crippen LogP contribution in [0.3, 0.4) is 0 Å². The molecule has 0 amide bonds. The third kappa shape index (κ3) is 2.83. The smallest absolute Gasteiger partial charge is 0.127 e. The summed E-state index contributed by atoms with van der Waals surface area (Å²) < 4.78 is 11.1. The van der Waals surface area contributed by atoms with E-state index in [4.69, 9.17) is 9.47 Å². The molecule has 0 heterocycles. The van der Waals surface area contributed by atoms with E-state index in [2.05, 4.69) is 12.1 Å². The largest absolute Gasteiger partial charge is 0.497 e. The average Bonchev–Trinajstić information content (AvgIpc) is 2.39. The normalized spacial score (nSPS) is 10.4. The molecule has 0 radical (unpaired) electrons. The number of rotatable bonds is 4. The molecule has 0 unspecified atom stereocenters. The minimum absolute atomic E-state index is 0.164. The highest BCUT2D eigenvalue weighted by atomic mass is 16.5. The minimum Gasteiger partial charge on any atom is -0.497 e. The molecule has 2 nitrogen and oxygen atoms in total. The van der Waals surface area contributed by atoms with E-state index < -0.39 is 0 Å². The fraction of sp³-hybridized carbons (Fsp3) is 0.250. The Balaban J connectivity index is 2.42. The van der Waals surface area contributed by atoms with Gasteiger partial charge in [-0.15, -0.1) is 0 Å². The van der Waals surface area contributed by atoms with Crippen molar-refractivity contribution in [3.63, 3.8) is 0 Å². The van der Waals surface area contributed by atoms with E-state index in [1.807, 2.05) is 50.2 Å². The standard InChI is InChI=1S/C16H18O2/c1-12(2)18-16-10-5-4-9-15(16)13-7-6-8-14(11-13)17-3/h4-12H,1-3H3. The van der Waals surface area contributed by atoms with Gasteiger partial charge in [-0.2, -0.15) is 0 Å². The highest BCUT2D eigenvalue weighted by molar-refractivity contribution is 5.71. The van der Waals surface area contributed by atoms with Crippen LogP contribution < -0.4 is 9.47 Å². The Labute approximate surface area is 108 Å². The van der Waals surface area contributed by atoms with Crippen molar-refractivity contribution in [3.8, 4) is 22.6 Å². The first-order chi connectivity index (χ1) is 8.70. The molecule has 2 rings (SSSR count). The van der Waals surface area contributed by atoms with Gasteiger partial charge in [-0.1, -0.05) is 30.3 Å². The quantitative estimate of drug-likeness (QED) is 0.801. The third-order valence-electron chi connectivity index (χ3n) is 2.63. The van der Waals surface area contributed by atoms with Gasteiger partial charge >= 0.3 is 0 Å². The van der Waals surface area contributed by atoms with E-state index in [0.717, 1.165) is 22.6 Å². The molecular formula is C16H18O2. The molecule has 94 valence electrons. The van der Waals surface area contributed by atoms with Crippen LogP contribution in [0.15, 0.2) is 48.5 Å². The Morgan fingerprint density at radius 2 is 1.72 bits per heavy atom. The summed E-state index contributed by atoms with van der Waals surface area (Å²) in [7, 11) is 1.68. The number of benzene rings is 2. The molecule has 0 N–H and O–H groups in total. The Morgan fingerprint density at radius 1 is 0.944 bits per heavy atom. The fourth-order valence-electron chi connectivity index (χ4n) is 1.85. The zero-order chi connectivity index (χ0) is 13.0. The zero-order valence-electron chi connectivity index (χ0n) is 11.0. The molecule has 0 spiro atoms. The molecule has 2 aromatic carbocycles. The lowest BCUT2D eigenvalue weighted by Gasteiger charge is -2.14. The summed E-state index contributed by atoms with van der Waals surface area (Å²) in [6, 6.07) is 16.1. The van der Waals surface area contributed by atoms with Crippen molar-refractivity contribution in [1.29, 1.82) is 0 Å². The van der Waals surface area contributed by atoms with Crippen molar-refractivity contribution in [2.45, 2.75) is 20.0 Å². The summed E-state index contributed by atoms with van der Waals surface area (Å²) in [6.07, 6.45) is 0.164. The van der Waals surface area contributed by atoms with Crippen LogP contribution in [-0.2, 0) is 0 Å². The molecule has 0 atom stereocenters. The number of methoxy groups -OCH3 is 1. The SMILES string of the molecule is COc1cccc(-c2ccccc2OC(C)C)c1. The Hall–Kier alpha value is -1.96. The first-order valence-corrected chi connectivity index (χ1v) is 6.11. The maximum atomic E-state index is 5.83. The first kappa shape index (κ1) is 12.5. The Bertz CT molecular complexity index is 518. The number of hydrogen-bond donors (Lipinski definition) is 0. The second-order valence-corrected chi connectivity index (χ2v) is 4.39. The summed E-state index contributed by atoms with van der Waals surface area (Å²) in [5.74, 6) is 1.76. The molecule has 2 heteroatoms. The van der Waals surface area contributed by atoms with E-state index in [0.29, 0.717) is 0 Å². The topological polar surface area (TPSA) is 18.5 Å². The van der Waals surface area contributed by atoms with Crippen molar-refractivity contribution >= 4 is 0 Å². The Morgan fingerprint density at radius 3 is 2.44 bits per heavy atom. The third-order valence-corrected chi connectivity index (χ3v) is 2.63. The van der Waals surface area contributed by atoms with Crippen LogP contribution in [0.1, 0.15) is 13.8 Å². The highest BCUT2D eigenvalue weighted by Crippen LogP contribution is 2.32. The van der Waals surface area contributed by atoms with Crippen molar-refractivity contribution in [2.75, 3.05) is 7.11 Å². The molecule has 0 saturated heterocycles. The van der Waals surface area contributed by atoms with Crippen LogP contribution in [0.5, 0.6) is 11.5 Å². The summed E-state index contributed by atoms with van der Waals surface area (Å²) >= 11 is 0. The van der Waals surface area contributed by atoms with Gasteiger partial charge in [0.2, 0.25) is 0 Å². The van der Waals surface area contributed by atoms with Gasteiger partial charge in [-0.05, 0) is 37.6 Å². The molecule has 0 aliphatic rings. The molecule has 0 fully saturated rings. The molecule has 0 aliphatic carbocycles. The van der Waals surface area contributed by atoms with Crippen molar-refractivity contribution in [2.24, 2.45) is 0 Å². The van der Waals surface area contributed by atoms with Crippen LogP contribution in [0.4, 0.5) is 0 Å². The summed E-state index contributed by atoms with van der Waals surface area (Å²) in [6.45, 7) is 4.06. The lowest BCUT2D eigenvalue weighted by atomic mass is 10.0. The molecule has 0 saturated carbocycles. The molecule has 0 bridgehead atoms. The van der Waals surface area contributed by atoms with Crippen LogP contribution in [0.2, 0.25) is 0 Å². The average molecular weight is 242 g/mol. The summed E-state index contributed by atoms with van der Waals surface area (Å²) in [5.41, 5.74) is 2.19. The number of hydrogen-bond acceptors (Lipinski definition) is 2. The van der Waals surface area contributed by atoms with Gasteiger partial charge in [0.25, 0.3) is 0 Å². The molecule has 18 heavy (non-hydrogen) atoms. The molecule has 0 aliphatic heterocycles. The van der Waals surface area contributed by atoms with E-state index in [-0.39, 0.29) is 6.10 Å². The maximum absolute atomic E-state index is 5.83. The lowest BCUT2D eigenvalue weighted by Crippen LogP contribution is -2.06. The van der Waals surface area contributed by atoms with E-state index >= 15 is 0 Å². The first-order valence-electron chi connectivity index (χ1n) is 6.11. The predicted molar refractivity (Wildman–Crippen MR) is 74.2 cm³/mol. The van der Waals surface area contributed by atoms with Gasteiger partial charge < -0.3 is 9.47 Å². The zero-order valence-corrected chi connectivity index (χ0v) is 11.0. The van der Waals surface area contributed by atoms with Gasteiger partial charge in [-0.25, -0.2) is 0 Å². The molecule has 0 aromatic heterocycles. The number of ether oxygens (including phenoxy) is 2. The van der Waals surface area contributed by atoms with Crippen molar-refractivity contribution in [1.82, 2.24) is 0 Å². The maximum Gasteiger partial charge on any atom is 0.127 e. The summed E-state index contributed by atoms with van der Waals surface area (Å²) in [4.78, 5) is 0. The lowest BCUT2D eigenvalue weighted by molar-refractivity contribution is 0.243. The van der Waals surface area contributed by atoms with Crippen LogP contribution in [0, 0.1) is 0 Å². The second kappa shape index (κ2) is 5.58. The summed E-state index contributed by atoms with van der Waals surface area (Å²) in [5, 5.41) is 0. The Kier molecular flexibility index (Phi) is 3.88. The highest BCUT2D eigenvalue weighted by Gasteiger charge is 2.07. The van der Waals surface area contributed by atoms with Crippen molar-refractivity contribution < 1.29 is 9.47 Å². The van der Waals surface area contributed by atoms with Crippen molar-refractivity contribution in [3.05, 3.63) is 48.5 Å². The minimum atomic E-state index is 0.164. The van der Waals surface area contributed by atoms with E-state index in [1.165, 1.54) is 0 Å². The van der Waals surface area contributed by atoms with E-state index in [1.54, 1.807) is 7.11 Å². The fourth-order valence-corrected chi connectivity index (χ4v) is 1.85.